The maximum atomic E-state index is 11.4. The van der Waals surface area contributed by atoms with Crippen molar-refractivity contribution in [3.8, 4) is 0 Å². The Morgan fingerprint density at radius 2 is 0.677 bits per heavy atom. The van der Waals surface area contributed by atoms with Crippen molar-refractivity contribution in [1.29, 1.82) is 0 Å². The molecular weight excluding hydrogens is 900 g/mol. The molecule has 0 amide bonds. The first-order chi connectivity index (χ1) is 30.7. The molecule has 6 saturated heterocycles. The van der Waals surface area contributed by atoms with Gasteiger partial charge in [0.05, 0.1) is 39.6 Å². The Morgan fingerprint density at radius 3 is 1.15 bits per heavy atom. The number of rotatable bonds is 15. The lowest BCUT2D eigenvalue weighted by Crippen LogP contribution is -2.65. The molecular formula is C35H60O30. The molecule has 29 atom stereocenters. The fraction of sp³-hybridized carbons (Fsp3) is 1.00. The zero-order valence-corrected chi connectivity index (χ0v) is 34.0. The van der Waals surface area contributed by atoms with Crippen LogP contribution in [0.3, 0.4) is 0 Å². The van der Waals surface area contributed by atoms with Crippen LogP contribution in [0.1, 0.15) is 0 Å². The third kappa shape index (κ3) is 11.4. The minimum absolute atomic E-state index is 0.473. The number of aliphatic hydroxyl groups is 19. The topological polar surface area (TPSA) is 486 Å². The molecule has 0 bridgehead atoms. The molecule has 0 aromatic carbocycles. The minimum atomic E-state index is -2.10. The van der Waals surface area contributed by atoms with Crippen molar-refractivity contribution in [2.75, 3.05) is 39.6 Å². The van der Waals surface area contributed by atoms with E-state index in [1.165, 1.54) is 0 Å². The van der Waals surface area contributed by atoms with Gasteiger partial charge in [-0.25, -0.2) is 0 Å². The summed E-state index contributed by atoms with van der Waals surface area (Å²) in [6.45, 7) is -4.59. The smallest absolute Gasteiger partial charge is 0.187 e. The molecule has 6 aliphatic heterocycles. The summed E-state index contributed by atoms with van der Waals surface area (Å²) in [5.74, 6) is 0. The zero-order valence-electron chi connectivity index (χ0n) is 34.0. The quantitative estimate of drug-likeness (QED) is 0.0724. The molecule has 19 N–H and O–H groups in total. The summed E-state index contributed by atoms with van der Waals surface area (Å²) in [5, 5.41) is 198. The van der Waals surface area contributed by atoms with Crippen LogP contribution in [-0.4, -0.2) is 315 Å². The van der Waals surface area contributed by atoms with Gasteiger partial charge < -0.3 is 149 Å². The van der Waals surface area contributed by atoms with Gasteiger partial charge >= 0.3 is 0 Å². The van der Waals surface area contributed by atoms with E-state index in [4.69, 9.17) is 52.1 Å². The van der Waals surface area contributed by atoms with Gasteiger partial charge in [-0.2, -0.15) is 0 Å². The lowest BCUT2D eigenvalue weighted by molar-refractivity contribution is -0.371. The number of aliphatic hydroxyl groups excluding tert-OH is 19. The highest BCUT2D eigenvalue weighted by Gasteiger charge is 2.54. The van der Waals surface area contributed by atoms with E-state index in [2.05, 4.69) is 0 Å². The van der Waals surface area contributed by atoms with E-state index in [0.717, 1.165) is 0 Å². The molecule has 0 radical (unpaired) electrons. The van der Waals surface area contributed by atoms with Crippen molar-refractivity contribution in [2.45, 2.75) is 178 Å². The fourth-order valence-electron chi connectivity index (χ4n) is 7.91. The first-order valence-electron chi connectivity index (χ1n) is 20.5. The lowest BCUT2D eigenvalue weighted by Gasteiger charge is -2.47. The van der Waals surface area contributed by atoms with Crippen LogP contribution in [-0.2, 0) is 52.1 Å². The Kier molecular flexibility index (Phi) is 18.6. The van der Waals surface area contributed by atoms with Crippen LogP contribution < -0.4 is 0 Å². The molecule has 380 valence electrons. The summed E-state index contributed by atoms with van der Waals surface area (Å²) < 4.78 is 60.2. The van der Waals surface area contributed by atoms with Gasteiger partial charge in [0, 0.05) is 0 Å². The van der Waals surface area contributed by atoms with Gasteiger partial charge in [-0.15, -0.1) is 0 Å². The van der Waals surface area contributed by atoms with Gasteiger partial charge in [0.1, 0.15) is 140 Å². The minimum Gasteiger partial charge on any atom is -0.394 e. The van der Waals surface area contributed by atoms with Gasteiger partial charge in [-0.1, -0.05) is 0 Å². The van der Waals surface area contributed by atoms with Crippen LogP contribution in [0.2, 0.25) is 0 Å². The van der Waals surface area contributed by atoms with Gasteiger partial charge in [0.25, 0.3) is 0 Å². The van der Waals surface area contributed by atoms with E-state index in [-0.39, 0.29) is 0 Å². The van der Waals surface area contributed by atoms with Crippen molar-refractivity contribution in [3.63, 3.8) is 0 Å². The van der Waals surface area contributed by atoms with Crippen molar-refractivity contribution in [2.24, 2.45) is 0 Å². The highest BCUT2D eigenvalue weighted by atomic mass is 16.8. The number of hydrogen-bond donors (Lipinski definition) is 19. The fourth-order valence-corrected chi connectivity index (χ4v) is 7.91. The SMILES string of the molecule is OC[C@H]1O[C@@H](O[C@@H]2[C@@H](O)[C@@H](O)O[C@H](CO[C@@H]3O[C@H](CO[C@@H]4O[C@H](CO[C@@H]5OC[C@@H](O)[C@H](O)[C@H]5O)[C@@H](O)[C@H](O[C@@H]5O[C@H](CO)[C@@H](O)[C@H](O)[C@H]5O)[C@H]4O)[C@@H](O)[C@H](O)[C@H]3O)[C@H]2O)[C@H](O)[C@@H](O)[C@@H]1O. The molecule has 0 spiro atoms. The maximum Gasteiger partial charge on any atom is 0.187 e. The van der Waals surface area contributed by atoms with Gasteiger partial charge in [0.15, 0.2) is 37.7 Å². The first kappa shape index (κ1) is 53.2. The van der Waals surface area contributed by atoms with Crippen molar-refractivity contribution in [1.82, 2.24) is 0 Å². The second-order valence-electron chi connectivity index (χ2n) is 16.4. The second-order valence-corrected chi connectivity index (χ2v) is 16.4. The normalized spacial score (nSPS) is 53.5. The summed E-state index contributed by atoms with van der Waals surface area (Å²) in [6, 6.07) is 0. The summed E-state index contributed by atoms with van der Waals surface area (Å²) in [7, 11) is 0. The summed E-state index contributed by atoms with van der Waals surface area (Å²) in [4.78, 5) is 0. The van der Waals surface area contributed by atoms with E-state index in [1.807, 2.05) is 0 Å². The van der Waals surface area contributed by atoms with Gasteiger partial charge in [-0.05, 0) is 0 Å². The van der Waals surface area contributed by atoms with Crippen LogP contribution in [0.4, 0.5) is 0 Å². The van der Waals surface area contributed by atoms with E-state index >= 15 is 0 Å². The molecule has 0 unspecified atom stereocenters. The second kappa shape index (κ2) is 22.7. The standard InChI is InChI=1S/C35H60O30/c36-1-8-14(40)19(45)24(50)34(60-8)64-28-17(43)11(59-30(54)26(28)52)5-57-32-23(49)21(47)16(42)10(62-32)4-58-33-27(53)29(65-35-25(51)20(46)15(41)9(2-37)61-35)18(44)12(63-33)6-56-31-22(48)13(39)7(38)3-55-31/h7-54H,1-6H2/t7-,8-,9-,10-,11-,12-,13+,14-,15-,16-,17-,18-,19+,20+,21+,22-,23-,24-,25-,26-,27-,28+,29+,30+,31+,32-,33-,34+,35+/m1/s1. The molecule has 0 aromatic rings. The summed E-state index contributed by atoms with van der Waals surface area (Å²) in [6.07, 6.45) is -53.4. The van der Waals surface area contributed by atoms with Crippen molar-refractivity contribution >= 4 is 0 Å². The van der Waals surface area contributed by atoms with Gasteiger partial charge in [0.2, 0.25) is 0 Å². The highest BCUT2D eigenvalue weighted by Crippen LogP contribution is 2.33. The van der Waals surface area contributed by atoms with Crippen LogP contribution in [0.25, 0.3) is 0 Å². The predicted molar refractivity (Wildman–Crippen MR) is 193 cm³/mol. The highest BCUT2D eigenvalue weighted by molar-refractivity contribution is 4.97. The molecule has 30 heteroatoms. The Labute approximate surface area is 366 Å². The Hall–Kier alpha value is -1.20. The summed E-state index contributed by atoms with van der Waals surface area (Å²) in [5.41, 5.74) is 0. The molecule has 0 aromatic heterocycles. The van der Waals surface area contributed by atoms with E-state index in [9.17, 15) is 97.0 Å². The molecule has 6 fully saturated rings. The zero-order chi connectivity index (χ0) is 47.8. The average molecular weight is 961 g/mol. The molecule has 6 aliphatic rings. The number of ether oxygens (including phenoxy) is 11. The maximum absolute atomic E-state index is 11.4. The lowest BCUT2D eigenvalue weighted by atomic mass is 9.96. The molecule has 0 aliphatic carbocycles. The molecule has 6 heterocycles. The van der Waals surface area contributed by atoms with Crippen LogP contribution >= 0.6 is 0 Å². The first-order valence-corrected chi connectivity index (χ1v) is 20.5. The number of hydrogen-bond acceptors (Lipinski definition) is 30. The molecule has 6 rings (SSSR count). The predicted octanol–water partition coefficient (Wildman–Crippen LogP) is -13.5. The molecule has 65 heavy (non-hydrogen) atoms. The van der Waals surface area contributed by atoms with Crippen LogP contribution in [0.5, 0.6) is 0 Å². The Bertz CT molecular complexity index is 1450. The summed E-state index contributed by atoms with van der Waals surface area (Å²) >= 11 is 0. The van der Waals surface area contributed by atoms with Crippen LogP contribution in [0.15, 0.2) is 0 Å². The monoisotopic (exact) mass is 960 g/mol. The average Bonchev–Trinajstić information content (AvgIpc) is 3.29. The largest absolute Gasteiger partial charge is 0.394 e. The van der Waals surface area contributed by atoms with E-state index < -0.39 is 218 Å². The Balaban J connectivity index is 1.12. The third-order valence-electron chi connectivity index (χ3n) is 12.0. The van der Waals surface area contributed by atoms with Crippen LogP contribution in [0, 0.1) is 0 Å². The Morgan fingerprint density at radius 1 is 0.323 bits per heavy atom. The molecule has 30 nitrogen and oxygen atoms in total. The van der Waals surface area contributed by atoms with Crippen molar-refractivity contribution < 1.29 is 149 Å². The van der Waals surface area contributed by atoms with E-state index in [0.29, 0.717) is 0 Å². The molecule has 0 saturated carbocycles. The van der Waals surface area contributed by atoms with E-state index in [1.54, 1.807) is 0 Å². The van der Waals surface area contributed by atoms with Crippen molar-refractivity contribution in [3.05, 3.63) is 0 Å². The third-order valence-corrected chi connectivity index (χ3v) is 12.0. The van der Waals surface area contributed by atoms with Gasteiger partial charge in [-0.3, -0.25) is 0 Å².